The van der Waals surface area contributed by atoms with Gasteiger partial charge in [-0.2, -0.15) is 0 Å². The molecule has 0 aliphatic carbocycles. The van der Waals surface area contributed by atoms with E-state index in [0.29, 0.717) is 6.42 Å². The van der Waals surface area contributed by atoms with Gasteiger partial charge in [0.1, 0.15) is 11.8 Å². The molecule has 110 valence electrons. The fourth-order valence-electron chi connectivity index (χ4n) is 2.64. The quantitative estimate of drug-likeness (QED) is 0.756. The Balaban J connectivity index is 2.12. The number of likely N-dealkylation sites (tertiary alicyclic amines) is 1. The van der Waals surface area contributed by atoms with E-state index < -0.39 is 12.0 Å². The zero-order valence-corrected chi connectivity index (χ0v) is 11.6. The number of hydrogen-bond donors (Lipinski definition) is 3. The maximum Gasteiger partial charge on any atom is 0.320 e. The summed E-state index contributed by atoms with van der Waals surface area (Å²) in [4.78, 5) is 13.2. The molecule has 0 spiro atoms. The molecule has 0 amide bonds. The average Bonchev–Trinajstić information content (AvgIpc) is 2.42. The van der Waals surface area contributed by atoms with Crippen molar-refractivity contribution in [2.24, 2.45) is 5.73 Å². The fourth-order valence-corrected chi connectivity index (χ4v) is 2.64. The molecule has 0 radical (unpaired) electrons. The summed E-state index contributed by atoms with van der Waals surface area (Å²) in [6.45, 7) is 2.86. The van der Waals surface area contributed by atoms with Crippen LogP contribution in [-0.4, -0.2) is 40.2 Å². The van der Waals surface area contributed by atoms with Gasteiger partial charge in [0.15, 0.2) is 0 Å². The first-order valence-electron chi connectivity index (χ1n) is 7.08. The third kappa shape index (κ3) is 3.95. The van der Waals surface area contributed by atoms with Crippen LogP contribution < -0.4 is 5.73 Å². The number of carboxylic acid groups (broad SMARTS) is 1. The van der Waals surface area contributed by atoms with E-state index in [-0.39, 0.29) is 5.75 Å². The van der Waals surface area contributed by atoms with E-state index in [1.807, 2.05) is 0 Å². The van der Waals surface area contributed by atoms with Gasteiger partial charge in [-0.05, 0) is 55.6 Å². The highest BCUT2D eigenvalue weighted by molar-refractivity contribution is 5.73. The van der Waals surface area contributed by atoms with Crippen molar-refractivity contribution in [3.8, 4) is 5.75 Å². The summed E-state index contributed by atoms with van der Waals surface area (Å²) in [5.74, 6) is -0.786. The number of nitrogens with zero attached hydrogens (tertiary/aromatic N) is 1. The van der Waals surface area contributed by atoms with Crippen molar-refractivity contribution >= 4 is 5.97 Å². The van der Waals surface area contributed by atoms with Gasteiger partial charge in [-0.15, -0.1) is 0 Å². The highest BCUT2D eigenvalue weighted by Crippen LogP contribution is 2.21. The number of phenols is 1. The highest BCUT2D eigenvalue weighted by atomic mass is 16.4. The van der Waals surface area contributed by atoms with Crippen molar-refractivity contribution in [1.82, 2.24) is 4.90 Å². The molecular weight excluding hydrogens is 256 g/mol. The lowest BCUT2D eigenvalue weighted by Gasteiger charge is -2.27. The molecule has 5 heteroatoms. The van der Waals surface area contributed by atoms with Crippen molar-refractivity contribution in [3.63, 3.8) is 0 Å². The molecule has 4 N–H and O–H groups in total. The Morgan fingerprint density at radius 3 is 2.60 bits per heavy atom. The summed E-state index contributed by atoms with van der Waals surface area (Å²) in [6.07, 6.45) is 3.96. The predicted octanol–water partition coefficient (Wildman–Crippen LogP) is 1.33. The molecule has 1 fully saturated rings. The zero-order valence-electron chi connectivity index (χ0n) is 11.6. The summed E-state index contributed by atoms with van der Waals surface area (Å²) >= 11 is 0. The van der Waals surface area contributed by atoms with E-state index in [1.165, 1.54) is 19.3 Å². The minimum atomic E-state index is -0.998. The van der Waals surface area contributed by atoms with Crippen LogP contribution in [0.3, 0.4) is 0 Å². The molecule has 1 saturated heterocycles. The van der Waals surface area contributed by atoms with Crippen LogP contribution in [0.15, 0.2) is 18.2 Å². The van der Waals surface area contributed by atoms with Crippen molar-refractivity contribution in [2.45, 2.75) is 38.3 Å². The molecule has 0 aromatic heterocycles. The van der Waals surface area contributed by atoms with Crippen molar-refractivity contribution in [3.05, 3.63) is 29.3 Å². The molecule has 1 aliphatic heterocycles. The number of phenolic OH excluding ortho intramolecular Hbond substituents is 1. The van der Waals surface area contributed by atoms with Crippen molar-refractivity contribution in [2.75, 3.05) is 13.1 Å². The van der Waals surface area contributed by atoms with Crippen molar-refractivity contribution < 1.29 is 15.0 Å². The van der Waals surface area contributed by atoms with E-state index in [9.17, 15) is 9.90 Å². The Hall–Kier alpha value is -1.59. The van der Waals surface area contributed by atoms with Crippen molar-refractivity contribution in [1.29, 1.82) is 0 Å². The third-order valence-corrected chi connectivity index (χ3v) is 3.79. The van der Waals surface area contributed by atoms with Gasteiger partial charge in [0.05, 0.1) is 0 Å². The largest absolute Gasteiger partial charge is 0.508 e. The van der Waals surface area contributed by atoms with E-state index in [2.05, 4.69) is 4.90 Å². The molecule has 0 saturated carbocycles. The Morgan fingerprint density at radius 1 is 1.25 bits per heavy atom. The number of carbonyl (C=O) groups is 1. The van der Waals surface area contributed by atoms with E-state index in [4.69, 9.17) is 10.8 Å². The molecular formula is C15H22N2O3. The lowest BCUT2D eigenvalue weighted by atomic mass is 9.99. The summed E-state index contributed by atoms with van der Waals surface area (Å²) < 4.78 is 0. The second-order valence-corrected chi connectivity index (χ2v) is 5.44. The predicted molar refractivity (Wildman–Crippen MR) is 76.6 cm³/mol. The van der Waals surface area contributed by atoms with Crippen LogP contribution in [0.5, 0.6) is 5.75 Å². The van der Waals surface area contributed by atoms with Gasteiger partial charge in [-0.1, -0.05) is 12.5 Å². The number of carboxylic acids is 1. The summed E-state index contributed by atoms with van der Waals surface area (Å²) in [6, 6.07) is 4.18. The Labute approximate surface area is 119 Å². The van der Waals surface area contributed by atoms with Gasteiger partial charge in [0, 0.05) is 6.54 Å². The Kier molecular flexibility index (Phi) is 4.98. The number of piperidine rings is 1. The smallest absolute Gasteiger partial charge is 0.320 e. The van der Waals surface area contributed by atoms with Crippen LogP contribution >= 0.6 is 0 Å². The normalized spacial score (nSPS) is 17.9. The number of aromatic hydroxyl groups is 1. The van der Waals surface area contributed by atoms with Gasteiger partial charge in [-0.3, -0.25) is 9.69 Å². The van der Waals surface area contributed by atoms with E-state index >= 15 is 0 Å². The molecule has 1 unspecified atom stereocenters. The number of aliphatic carboxylic acids is 1. The third-order valence-electron chi connectivity index (χ3n) is 3.79. The van der Waals surface area contributed by atoms with E-state index in [0.717, 1.165) is 30.8 Å². The van der Waals surface area contributed by atoms with Crippen LogP contribution in [0.2, 0.25) is 0 Å². The summed E-state index contributed by atoms with van der Waals surface area (Å²) in [5.41, 5.74) is 7.49. The standard InChI is InChI=1S/C15H22N2O3/c16-14(15(19)20)9-11-4-5-13(18)8-12(11)10-17-6-2-1-3-7-17/h4-5,8,14,18H,1-3,6-7,9-10,16H2,(H,19,20). The number of rotatable bonds is 5. The van der Waals surface area contributed by atoms with Crippen LogP contribution in [-0.2, 0) is 17.8 Å². The first kappa shape index (κ1) is 14.8. The zero-order chi connectivity index (χ0) is 14.5. The molecule has 1 heterocycles. The fraction of sp³-hybridized carbons (Fsp3) is 0.533. The Bertz CT molecular complexity index is 470. The van der Waals surface area contributed by atoms with Gasteiger partial charge < -0.3 is 15.9 Å². The first-order valence-corrected chi connectivity index (χ1v) is 7.08. The second-order valence-electron chi connectivity index (χ2n) is 5.44. The van der Waals surface area contributed by atoms with Crippen LogP contribution in [0.25, 0.3) is 0 Å². The monoisotopic (exact) mass is 278 g/mol. The average molecular weight is 278 g/mol. The molecule has 1 aliphatic rings. The maximum atomic E-state index is 10.9. The minimum Gasteiger partial charge on any atom is -0.508 e. The molecule has 5 nitrogen and oxygen atoms in total. The molecule has 0 bridgehead atoms. The lowest BCUT2D eigenvalue weighted by molar-refractivity contribution is -0.138. The molecule has 20 heavy (non-hydrogen) atoms. The first-order chi connectivity index (χ1) is 9.56. The minimum absolute atomic E-state index is 0.213. The number of benzene rings is 1. The molecule has 2 rings (SSSR count). The summed E-state index contributed by atoms with van der Waals surface area (Å²) in [5, 5.41) is 18.6. The van der Waals surface area contributed by atoms with Crippen LogP contribution in [0.4, 0.5) is 0 Å². The molecule has 1 aromatic rings. The molecule has 1 aromatic carbocycles. The van der Waals surface area contributed by atoms with Gasteiger partial charge in [-0.25, -0.2) is 0 Å². The number of hydrogen-bond acceptors (Lipinski definition) is 4. The van der Waals surface area contributed by atoms with Crippen LogP contribution in [0.1, 0.15) is 30.4 Å². The SMILES string of the molecule is NC(Cc1ccc(O)cc1CN1CCCCC1)C(=O)O. The van der Waals surface area contributed by atoms with Crippen LogP contribution in [0, 0.1) is 0 Å². The highest BCUT2D eigenvalue weighted by Gasteiger charge is 2.17. The number of nitrogens with two attached hydrogens (primary N) is 1. The second kappa shape index (κ2) is 6.72. The molecule has 1 atom stereocenters. The van der Waals surface area contributed by atoms with Gasteiger partial charge in [0.25, 0.3) is 0 Å². The Morgan fingerprint density at radius 2 is 1.95 bits per heavy atom. The van der Waals surface area contributed by atoms with E-state index in [1.54, 1.807) is 18.2 Å². The van der Waals surface area contributed by atoms with Gasteiger partial charge in [0.2, 0.25) is 0 Å². The maximum absolute atomic E-state index is 10.9. The summed E-state index contributed by atoms with van der Waals surface area (Å²) in [7, 11) is 0. The van der Waals surface area contributed by atoms with Gasteiger partial charge >= 0.3 is 5.97 Å². The topological polar surface area (TPSA) is 86.8 Å². The lowest BCUT2D eigenvalue weighted by Crippen LogP contribution is -2.33.